The average molecular weight is 247 g/mol. The minimum atomic E-state index is -3.59. The molecule has 0 aromatic carbocycles. The zero-order valence-electron chi connectivity index (χ0n) is 7.84. The molecule has 1 unspecified atom stereocenters. The quantitative estimate of drug-likeness (QED) is 0.699. The Morgan fingerprint density at radius 3 is 2.21 bits per heavy atom. The molecule has 0 bridgehead atoms. The van der Waals surface area contributed by atoms with Gasteiger partial charge in [-0.25, -0.2) is 17.2 Å². The lowest BCUT2D eigenvalue weighted by atomic mass is 10.0. The number of rotatable bonds is 5. The van der Waals surface area contributed by atoms with E-state index in [4.69, 9.17) is 10.7 Å². The van der Waals surface area contributed by atoms with E-state index >= 15 is 0 Å². The van der Waals surface area contributed by atoms with Gasteiger partial charge in [-0.15, -0.1) is 0 Å². The molecule has 1 atom stereocenters. The molecule has 0 saturated heterocycles. The fourth-order valence-corrected chi connectivity index (χ4v) is 3.43. The van der Waals surface area contributed by atoms with E-state index in [0.717, 1.165) is 0 Å². The Morgan fingerprint density at radius 2 is 1.93 bits per heavy atom. The van der Waals surface area contributed by atoms with E-state index in [-0.39, 0.29) is 18.8 Å². The molecule has 0 N–H and O–H groups in total. The molecule has 1 aliphatic carbocycles. The highest BCUT2D eigenvalue weighted by molar-refractivity contribution is 8.15. The molecule has 6 heteroatoms. The van der Waals surface area contributed by atoms with Gasteiger partial charge in [0.1, 0.15) is 0 Å². The van der Waals surface area contributed by atoms with Crippen molar-refractivity contribution in [2.24, 2.45) is 5.92 Å². The van der Waals surface area contributed by atoms with E-state index in [1.165, 1.54) is 0 Å². The van der Waals surface area contributed by atoms with Crippen LogP contribution in [-0.2, 0) is 9.05 Å². The van der Waals surface area contributed by atoms with Crippen molar-refractivity contribution >= 4 is 19.7 Å². The molecular formula is C8H13ClF2O2S. The van der Waals surface area contributed by atoms with Crippen LogP contribution in [0.3, 0.4) is 0 Å². The second-order valence-corrected chi connectivity index (χ2v) is 7.02. The third-order valence-corrected chi connectivity index (χ3v) is 5.22. The zero-order valence-corrected chi connectivity index (χ0v) is 9.41. The molecule has 0 heterocycles. The van der Waals surface area contributed by atoms with Gasteiger partial charge in [-0.2, -0.15) is 0 Å². The van der Waals surface area contributed by atoms with Crippen LogP contribution in [0, 0.1) is 5.92 Å². The molecule has 1 saturated carbocycles. The monoisotopic (exact) mass is 246 g/mol. The maximum atomic E-state index is 12.0. The molecule has 1 rings (SSSR count). The number of alkyl halides is 2. The van der Waals surface area contributed by atoms with Crippen LogP contribution in [-0.4, -0.2) is 19.6 Å². The fraction of sp³-hybridized carbons (Fsp3) is 1.00. The first kappa shape index (κ1) is 12.2. The Bertz CT molecular complexity index is 298. The highest BCUT2D eigenvalue weighted by Crippen LogP contribution is 2.50. The van der Waals surface area contributed by atoms with Crippen molar-refractivity contribution in [1.82, 2.24) is 0 Å². The van der Waals surface area contributed by atoms with Crippen LogP contribution in [0.15, 0.2) is 0 Å². The Labute approximate surface area is 87.1 Å². The first-order chi connectivity index (χ1) is 6.27. The first-order valence-corrected chi connectivity index (χ1v) is 6.80. The lowest BCUT2D eigenvalue weighted by Gasteiger charge is -2.16. The van der Waals surface area contributed by atoms with Gasteiger partial charge in [-0.3, -0.25) is 0 Å². The van der Waals surface area contributed by atoms with Gasteiger partial charge in [0.2, 0.25) is 15.5 Å². The SMILES string of the molecule is CC(CC(F)F)CC1(S(=O)(=O)Cl)CC1. The maximum Gasteiger partial charge on any atom is 0.238 e. The highest BCUT2D eigenvalue weighted by Gasteiger charge is 2.54. The number of hydrogen-bond donors (Lipinski definition) is 0. The molecule has 14 heavy (non-hydrogen) atoms. The van der Waals surface area contributed by atoms with Crippen LogP contribution in [0.25, 0.3) is 0 Å². The van der Waals surface area contributed by atoms with E-state index in [9.17, 15) is 17.2 Å². The number of halogens is 3. The highest BCUT2D eigenvalue weighted by atomic mass is 35.7. The molecule has 84 valence electrons. The third-order valence-electron chi connectivity index (χ3n) is 2.63. The van der Waals surface area contributed by atoms with Crippen molar-refractivity contribution in [2.45, 2.75) is 43.8 Å². The van der Waals surface area contributed by atoms with Crippen molar-refractivity contribution in [3.8, 4) is 0 Å². The van der Waals surface area contributed by atoms with Crippen molar-refractivity contribution < 1.29 is 17.2 Å². The minimum absolute atomic E-state index is 0.253. The summed E-state index contributed by atoms with van der Waals surface area (Å²) in [7, 11) is 1.66. The Balaban J connectivity index is 2.53. The maximum absolute atomic E-state index is 12.0. The van der Waals surface area contributed by atoms with Gasteiger partial charge in [-0.1, -0.05) is 6.92 Å². The molecule has 1 aliphatic rings. The molecule has 0 radical (unpaired) electrons. The van der Waals surface area contributed by atoms with E-state index in [1.54, 1.807) is 6.92 Å². The molecule has 0 amide bonds. The Hall–Kier alpha value is 0.1000. The molecule has 1 fully saturated rings. The standard InChI is InChI=1S/C8H13ClF2O2S/c1-6(4-7(10)11)5-8(2-3-8)14(9,12)13/h6-7H,2-5H2,1H3. The Kier molecular flexibility index (Phi) is 3.41. The first-order valence-electron chi connectivity index (χ1n) is 4.49. The summed E-state index contributed by atoms with van der Waals surface area (Å²) in [6.07, 6.45) is -1.37. The lowest BCUT2D eigenvalue weighted by molar-refractivity contribution is 0.115. The summed E-state index contributed by atoms with van der Waals surface area (Å²) in [6.45, 7) is 1.63. The summed E-state index contributed by atoms with van der Waals surface area (Å²) in [6, 6.07) is 0. The van der Waals surface area contributed by atoms with Gasteiger partial charge in [-0.05, 0) is 25.2 Å². The molecule has 0 aromatic rings. The third kappa shape index (κ3) is 2.79. The second kappa shape index (κ2) is 3.93. The predicted octanol–water partition coefficient (Wildman–Crippen LogP) is 2.77. The topological polar surface area (TPSA) is 34.1 Å². The smallest absolute Gasteiger partial charge is 0.212 e. The van der Waals surface area contributed by atoms with Crippen LogP contribution < -0.4 is 0 Å². The van der Waals surface area contributed by atoms with Gasteiger partial charge in [0.05, 0.1) is 4.75 Å². The van der Waals surface area contributed by atoms with Crippen LogP contribution in [0.1, 0.15) is 32.6 Å². The largest absolute Gasteiger partial charge is 0.238 e. The van der Waals surface area contributed by atoms with Crippen LogP contribution in [0.4, 0.5) is 8.78 Å². The summed E-state index contributed by atoms with van der Waals surface area (Å²) >= 11 is 0. The van der Waals surface area contributed by atoms with Crippen molar-refractivity contribution in [2.75, 3.05) is 0 Å². The van der Waals surface area contributed by atoms with Crippen molar-refractivity contribution in [3.63, 3.8) is 0 Å². The van der Waals surface area contributed by atoms with Crippen LogP contribution in [0.2, 0.25) is 0 Å². The summed E-state index contributed by atoms with van der Waals surface area (Å²) in [5.74, 6) is -0.300. The van der Waals surface area contributed by atoms with Gasteiger partial charge in [0.15, 0.2) is 0 Å². The normalized spacial score (nSPS) is 22.4. The van der Waals surface area contributed by atoms with Gasteiger partial charge < -0.3 is 0 Å². The average Bonchev–Trinajstić information content (AvgIpc) is 2.64. The van der Waals surface area contributed by atoms with Gasteiger partial charge in [0.25, 0.3) is 0 Å². The summed E-state index contributed by atoms with van der Waals surface area (Å²) in [5, 5.41) is 0. The van der Waals surface area contributed by atoms with Crippen molar-refractivity contribution in [3.05, 3.63) is 0 Å². The number of hydrogen-bond acceptors (Lipinski definition) is 2. The van der Waals surface area contributed by atoms with Gasteiger partial charge >= 0.3 is 0 Å². The molecule has 2 nitrogen and oxygen atoms in total. The zero-order chi connectivity index (χ0) is 11.0. The van der Waals surface area contributed by atoms with Crippen LogP contribution >= 0.6 is 10.7 Å². The Morgan fingerprint density at radius 1 is 1.43 bits per heavy atom. The van der Waals surface area contributed by atoms with Crippen molar-refractivity contribution in [1.29, 1.82) is 0 Å². The summed E-state index contributed by atoms with van der Waals surface area (Å²) < 4.78 is 45.3. The lowest BCUT2D eigenvalue weighted by Crippen LogP contribution is -2.22. The molecule has 0 aromatic heterocycles. The molecular weight excluding hydrogens is 234 g/mol. The van der Waals surface area contributed by atoms with E-state index in [0.29, 0.717) is 12.8 Å². The fourth-order valence-electron chi connectivity index (χ4n) is 1.71. The van der Waals surface area contributed by atoms with E-state index in [1.807, 2.05) is 0 Å². The predicted molar refractivity (Wildman–Crippen MR) is 51.1 cm³/mol. The summed E-state index contributed by atoms with van der Waals surface area (Å²) in [4.78, 5) is 0. The minimum Gasteiger partial charge on any atom is -0.212 e. The second-order valence-electron chi connectivity index (χ2n) is 4.06. The van der Waals surface area contributed by atoms with Gasteiger partial charge in [0, 0.05) is 17.1 Å². The summed E-state index contributed by atoms with van der Waals surface area (Å²) in [5.41, 5.74) is 0. The van der Waals surface area contributed by atoms with Crippen LogP contribution in [0.5, 0.6) is 0 Å². The van der Waals surface area contributed by atoms with E-state index < -0.39 is 20.2 Å². The van der Waals surface area contributed by atoms with E-state index in [2.05, 4.69) is 0 Å². The molecule has 0 spiro atoms. The molecule has 0 aliphatic heterocycles.